The molecule has 0 saturated carbocycles. The van der Waals surface area contributed by atoms with Crippen molar-refractivity contribution in [1.29, 1.82) is 0 Å². The molecule has 20 heavy (non-hydrogen) atoms. The topological polar surface area (TPSA) is 48.3 Å². The van der Waals surface area contributed by atoms with Gasteiger partial charge in [-0.1, -0.05) is 6.07 Å². The lowest BCUT2D eigenvalue weighted by Crippen LogP contribution is -2.15. The monoisotopic (exact) mass is 273 g/mol. The number of benzene rings is 1. The van der Waals surface area contributed by atoms with Gasteiger partial charge in [0.2, 0.25) is 0 Å². The Hall–Kier alpha value is -2.17. The molecule has 0 unspecified atom stereocenters. The van der Waals surface area contributed by atoms with Gasteiger partial charge in [-0.25, -0.2) is 0 Å². The minimum atomic E-state index is 0.616. The van der Waals surface area contributed by atoms with E-state index in [1.54, 1.807) is 0 Å². The highest BCUT2D eigenvalue weighted by Gasteiger charge is 2.13. The molecule has 0 radical (unpaired) electrons. The van der Waals surface area contributed by atoms with Crippen LogP contribution in [0.2, 0.25) is 0 Å². The molecule has 3 rings (SSSR count). The molecule has 0 spiro atoms. The normalized spacial score (nSPS) is 13.3. The lowest BCUT2D eigenvalue weighted by Gasteiger charge is -2.19. The summed E-state index contributed by atoms with van der Waals surface area (Å²) in [5.41, 5.74) is 4.42. The van der Waals surface area contributed by atoms with Crippen LogP contribution in [0.3, 0.4) is 0 Å². The van der Waals surface area contributed by atoms with Crippen LogP contribution in [0.1, 0.15) is 17.0 Å². The van der Waals surface area contributed by atoms with E-state index in [9.17, 15) is 0 Å². The first-order valence-electron chi connectivity index (χ1n) is 6.78. The van der Waals surface area contributed by atoms with Gasteiger partial charge >= 0.3 is 0 Å². The minimum Gasteiger partial charge on any atom is -0.486 e. The van der Waals surface area contributed by atoms with Gasteiger partial charge in [-0.3, -0.25) is 4.68 Å². The molecule has 0 saturated heterocycles. The largest absolute Gasteiger partial charge is 0.486 e. The fraction of sp³-hybridized carbons (Fsp3) is 0.400. The Bertz CT molecular complexity index is 634. The van der Waals surface area contributed by atoms with Crippen molar-refractivity contribution in [2.75, 3.05) is 18.5 Å². The van der Waals surface area contributed by atoms with Crippen molar-refractivity contribution in [3.8, 4) is 11.5 Å². The van der Waals surface area contributed by atoms with E-state index in [-0.39, 0.29) is 0 Å². The smallest absolute Gasteiger partial charge is 0.161 e. The predicted molar refractivity (Wildman–Crippen MR) is 77.4 cm³/mol. The molecule has 0 bridgehead atoms. The zero-order chi connectivity index (χ0) is 14.1. The summed E-state index contributed by atoms with van der Waals surface area (Å²) in [5.74, 6) is 1.66. The Labute approximate surface area is 118 Å². The first-order chi connectivity index (χ1) is 9.65. The Morgan fingerprint density at radius 2 is 1.95 bits per heavy atom. The fourth-order valence-corrected chi connectivity index (χ4v) is 2.42. The number of ether oxygens (including phenoxy) is 2. The van der Waals surface area contributed by atoms with E-state index in [1.165, 1.54) is 0 Å². The molecule has 0 fully saturated rings. The highest BCUT2D eigenvalue weighted by atomic mass is 16.6. The average Bonchev–Trinajstić information content (AvgIpc) is 2.70. The summed E-state index contributed by atoms with van der Waals surface area (Å²) < 4.78 is 13.0. The van der Waals surface area contributed by atoms with E-state index in [0.717, 1.165) is 40.7 Å². The number of aryl methyl sites for hydroxylation is 2. The van der Waals surface area contributed by atoms with E-state index < -0.39 is 0 Å². The first kappa shape index (κ1) is 12.8. The van der Waals surface area contributed by atoms with Gasteiger partial charge in [0, 0.05) is 13.6 Å². The van der Waals surface area contributed by atoms with Gasteiger partial charge in [0.1, 0.15) is 13.2 Å². The van der Waals surface area contributed by atoms with Crippen molar-refractivity contribution in [3.05, 3.63) is 35.2 Å². The van der Waals surface area contributed by atoms with E-state index in [4.69, 9.17) is 9.47 Å². The lowest BCUT2D eigenvalue weighted by molar-refractivity contribution is 0.171. The van der Waals surface area contributed by atoms with Crippen LogP contribution in [0.5, 0.6) is 11.5 Å². The highest BCUT2D eigenvalue weighted by Crippen LogP contribution is 2.31. The van der Waals surface area contributed by atoms with Gasteiger partial charge in [0.05, 0.1) is 17.1 Å². The van der Waals surface area contributed by atoms with Gasteiger partial charge < -0.3 is 14.8 Å². The van der Waals surface area contributed by atoms with Crippen LogP contribution in [0.25, 0.3) is 0 Å². The second kappa shape index (κ2) is 5.07. The maximum absolute atomic E-state index is 5.60. The van der Waals surface area contributed by atoms with Crippen LogP contribution in [0.4, 0.5) is 5.69 Å². The summed E-state index contributed by atoms with van der Waals surface area (Å²) in [6.07, 6.45) is 0. The molecule has 1 aliphatic heterocycles. The lowest BCUT2D eigenvalue weighted by atomic mass is 10.2. The van der Waals surface area contributed by atoms with Crippen LogP contribution in [0, 0.1) is 13.8 Å². The van der Waals surface area contributed by atoms with Gasteiger partial charge in [-0.2, -0.15) is 5.10 Å². The standard InChI is InChI=1S/C15H19N3O2/c1-10-15(11(2)18(3)17-10)16-9-12-4-5-13-14(8-12)20-7-6-19-13/h4-5,8,16H,6-7,9H2,1-3H3. The molecular weight excluding hydrogens is 254 g/mol. The number of hydrogen-bond donors (Lipinski definition) is 1. The number of nitrogens with zero attached hydrogens (tertiary/aromatic N) is 2. The Morgan fingerprint density at radius 3 is 2.65 bits per heavy atom. The zero-order valence-electron chi connectivity index (χ0n) is 12.1. The fourth-order valence-electron chi connectivity index (χ4n) is 2.42. The van der Waals surface area contributed by atoms with Gasteiger partial charge in [-0.05, 0) is 31.5 Å². The molecule has 106 valence electrons. The van der Waals surface area contributed by atoms with Crippen molar-refractivity contribution in [2.45, 2.75) is 20.4 Å². The van der Waals surface area contributed by atoms with E-state index in [2.05, 4.69) is 23.4 Å². The van der Waals surface area contributed by atoms with Crippen LogP contribution >= 0.6 is 0 Å². The molecular formula is C15H19N3O2. The zero-order valence-corrected chi connectivity index (χ0v) is 12.1. The second-order valence-corrected chi connectivity index (χ2v) is 5.00. The van der Waals surface area contributed by atoms with Crippen molar-refractivity contribution in [1.82, 2.24) is 9.78 Å². The third-order valence-corrected chi connectivity index (χ3v) is 3.58. The number of anilines is 1. The van der Waals surface area contributed by atoms with Crippen molar-refractivity contribution in [3.63, 3.8) is 0 Å². The molecule has 2 aromatic rings. The maximum atomic E-state index is 5.60. The number of nitrogens with one attached hydrogen (secondary N) is 1. The summed E-state index contributed by atoms with van der Waals surface area (Å²) in [6, 6.07) is 6.05. The number of fused-ring (bicyclic) bond motifs is 1. The average molecular weight is 273 g/mol. The third-order valence-electron chi connectivity index (χ3n) is 3.58. The summed E-state index contributed by atoms with van der Waals surface area (Å²) >= 11 is 0. The second-order valence-electron chi connectivity index (χ2n) is 5.00. The number of aromatic nitrogens is 2. The van der Waals surface area contributed by atoms with Crippen molar-refractivity contribution < 1.29 is 9.47 Å². The third kappa shape index (κ3) is 2.31. The molecule has 0 atom stereocenters. The molecule has 0 amide bonds. The summed E-state index contributed by atoms with van der Waals surface area (Å²) in [4.78, 5) is 0. The number of hydrogen-bond acceptors (Lipinski definition) is 4. The maximum Gasteiger partial charge on any atom is 0.161 e. The van der Waals surface area contributed by atoms with E-state index in [1.807, 2.05) is 30.8 Å². The molecule has 5 heteroatoms. The molecule has 2 heterocycles. The quantitative estimate of drug-likeness (QED) is 0.933. The summed E-state index contributed by atoms with van der Waals surface area (Å²) in [5, 5.41) is 7.85. The molecule has 1 aromatic carbocycles. The van der Waals surface area contributed by atoms with E-state index in [0.29, 0.717) is 13.2 Å². The van der Waals surface area contributed by atoms with Crippen molar-refractivity contribution in [2.24, 2.45) is 7.05 Å². The van der Waals surface area contributed by atoms with Gasteiger partial charge in [0.25, 0.3) is 0 Å². The predicted octanol–water partition coefficient (Wildman–Crippen LogP) is 2.42. The van der Waals surface area contributed by atoms with Crippen LogP contribution in [-0.2, 0) is 13.6 Å². The first-order valence-corrected chi connectivity index (χ1v) is 6.78. The minimum absolute atomic E-state index is 0.616. The van der Waals surface area contributed by atoms with Crippen molar-refractivity contribution >= 4 is 5.69 Å². The van der Waals surface area contributed by atoms with Crippen LogP contribution < -0.4 is 14.8 Å². The van der Waals surface area contributed by atoms with Crippen LogP contribution in [-0.4, -0.2) is 23.0 Å². The Kier molecular flexibility index (Phi) is 3.26. The van der Waals surface area contributed by atoms with Crippen LogP contribution in [0.15, 0.2) is 18.2 Å². The molecule has 5 nitrogen and oxygen atoms in total. The Morgan fingerprint density at radius 1 is 1.20 bits per heavy atom. The summed E-state index contributed by atoms with van der Waals surface area (Å²) in [7, 11) is 1.96. The number of rotatable bonds is 3. The van der Waals surface area contributed by atoms with Gasteiger partial charge in [0.15, 0.2) is 11.5 Å². The Balaban J connectivity index is 1.75. The van der Waals surface area contributed by atoms with E-state index >= 15 is 0 Å². The summed E-state index contributed by atoms with van der Waals surface area (Å²) in [6.45, 7) is 6.05. The molecule has 1 aliphatic rings. The van der Waals surface area contributed by atoms with Gasteiger partial charge in [-0.15, -0.1) is 0 Å². The SMILES string of the molecule is Cc1nn(C)c(C)c1NCc1ccc2c(c1)OCCO2. The molecule has 1 aromatic heterocycles. The molecule has 0 aliphatic carbocycles. The molecule has 1 N–H and O–H groups in total. The highest BCUT2D eigenvalue weighted by molar-refractivity contribution is 5.53.